The Balaban J connectivity index is 2.22. The molecule has 0 saturated carbocycles. The van der Waals surface area contributed by atoms with Gasteiger partial charge in [-0.25, -0.2) is 13.1 Å². The van der Waals surface area contributed by atoms with Crippen LogP contribution in [0.15, 0.2) is 46.1 Å². The number of hydrogen-bond acceptors (Lipinski definition) is 4. The summed E-state index contributed by atoms with van der Waals surface area (Å²) in [5.74, 6) is 0. The fraction of sp³-hybridized carbons (Fsp3) is 0.0909. The highest BCUT2D eigenvalue weighted by Crippen LogP contribution is 2.23. The van der Waals surface area contributed by atoms with Crippen molar-refractivity contribution in [2.24, 2.45) is 0 Å². The standard InChI is InChI=1S/C11H11ClN2O3S/c12-10-2-1-9(13)5-11(10)18(15,16)14-6-8-3-4-17-7-8/h1-5,7,14H,6,13H2. The number of anilines is 1. The van der Waals surface area contributed by atoms with E-state index in [0.717, 1.165) is 5.56 Å². The van der Waals surface area contributed by atoms with Gasteiger partial charge in [0.2, 0.25) is 10.0 Å². The summed E-state index contributed by atoms with van der Waals surface area (Å²) in [4.78, 5) is -0.0346. The Bertz CT molecular complexity index is 638. The largest absolute Gasteiger partial charge is 0.472 e. The lowest BCUT2D eigenvalue weighted by atomic mass is 10.3. The second kappa shape index (κ2) is 5.01. The quantitative estimate of drug-likeness (QED) is 0.842. The van der Waals surface area contributed by atoms with Gasteiger partial charge >= 0.3 is 0 Å². The van der Waals surface area contributed by atoms with E-state index in [0.29, 0.717) is 5.69 Å². The second-order valence-corrected chi connectivity index (χ2v) is 5.79. The van der Waals surface area contributed by atoms with E-state index in [1.54, 1.807) is 6.07 Å². The van der Waals surface area contributed by atoms with Gasteiger partial charge in [-0.2, -0.15) is 0 Å². The second-order valence-electron chi connectivity index (χ2n) is 3.65. The van der Waals surface area contributed by atoms with Gasteiger partial charge in [0.15, 0.2) is 0 Å². The molecule has 0 radical (unpaired) electrons. The lowest BCUT2D eigenvalue weighted by Crippen LogP contribution is -2.23. The molecule has 0 saturated heterocycles. The number of benzene rings is 1. The molecule has 3 N–H and O–H groups in total. The molecule has 0 bridgehead atoms. The van der Waals surface area contributed by atoms with E-state index in [-0.39, 0.29) is 16.5 Å². The molecule has 0 aliphatic carbocycles. The number of nitrogens with one attached hydrogen (secondary N) is 1. The summed E-state index contributed by atoms with van der Waals surface area (Å²) in [6, 6.07) is 5.98. The zero-order valence-corrected chi connectivity index (χ0v) is 10.8. The maximum Gasteiger partial charge on any atom is 0.242 e. The lowest BCUT2D eigenvalue weighted by Gasteiger charge is -2.08. The molecule has 18 heavy (non-hydrogen) atoms. The van der Waals surface area contributed by atoms with E-state index in [1.165, 1.54) is 30.7 Å². The molecular formula is C11H11ClN2O3S. The number of sulfonamides is 1. The maximum atomic E-state index is 12.0. The van der Waals surface area contributed by atoms with E-state index in [4.69, 9.17) is 21.8 Å². The fourth-order valence-corrected chi connectivity index (χ4v) is 2.93. The van der Waals surface area contributed by atoms with Gasteiger partial charge in [0.05, 0.1) is 17.5 Å². The van der Waals surface area contributed by atoms with E-state index >= 15 is 0 Å². The van der Waals surface area contributed by atoms with Crippen molar-refractivity contribution in [1.29, 1.82) is 0 Å². The van der Waals surface area contributed by atoms with E-state index in [1.807, 2.05) is 0 Å². The van der Waals surface area contributed by atoms with Crippen LogP contribution in [0.3, 0.4) is 0 Å². The Morgan fingerprint density at radius 3 is 2.78 bits per heavy atom. The Kier molecular flexibility index (Phi) is 3.60. The number of halogens is 1. The maximum absolute atomic E-state index is 12.0. The molecule has 7 heteroatoms. The Morgan fingerprint density at radius 1 is 1.33 bits per heavy atom. The third kappa shape index (κ3) is 2.84. The van der Waals surface area contributed by atoms with Crippen molar-refractivity contribution in [1.82, 2.24) is 4.72 Å². The van der Waals surface area contributed by atoms with Crippen molar-refractivity contribution in [3.63, 3.8) is 0 Å². The summed E-state index contributed by atoms with van der Waals surface area (Å²) in [6.07, 6.45) is 2.93. The van der Waals surface area contributed by atoms with Gasteiger partial charge in [0.1, 0.15) is 4.90 Å². The summed E-state index contributed by atoms with van der Waals surface area (Å²) < 4.78 is 31.3. The Hall–Kier alpha value is -1.50. The fourth-order valence-electron chi connectivity index (χ4n) is 1.38. The number of hydrogen-bond donors (Lipinski definition) is 2. The zero-order chi connectivity index (χ0) is 13.2. The minimum Gasteiger partial charge on any atom is -0.472 e. The molecule has 1 aromatic heterocycles. The van der Waals surface area contributed by atoms with Crippen LogP contribution in [0.4, 0.5) is 5.69 Å². The average Bonchev–Trinajstić information content (AvgIpc) is 2.83. The topological polar surface area (TPSA) is 85.3 Å². The number of furan rings is 1. The highest BCUT2D eigenvalue weighted by atomic mass is 35.5. The van der Waals surface area contributed by atoms with Crippen LogP contribution < -0.4 is 10.5 Å². The minimum atomic E-state index is -3.69. The van der Waals surface area contributed by atoms with Gasteiger partial charge in [-0.15, -0.1) is 0 Å². The van der Waals surface area contributed by atoms with Crippen molar-refractivity contribution < 1.29 is 12.8 Å². The first-order valence-electron chi connectivity index (χ1n) is 5.05. The van der Waals surface area contributed by atoms with E-state index in [9.17, 15) is 8.42 Å². The predicted molar refractivity (Wildman–Crippen MR) is 68.6 cm³/mol. The molecule has 0 aliphatic heterocycles. The highest BCUT2D eigenvalue weighted by molar-refractivity contribution is 7.89. The Morgan fingerprint density at radius 2 is 2.11 bits per heavy atom. The van der Waals surface area contributed by atoms with Gasteiger partial charge in [0.25, 0.3) is 0 Å². The molecule has 0 atom stereocenters. The van der Waals surface area contributed by atoms with Crippen LogP contribution in [0.5, 0.6) is 0 Å². The molecule has 0 spiro atoms. The molecule has 1 aromatic carbocycles. The zero-order valence-electron chi connectivity index (χ0n) is 9.26. The van der Waals surface area contributed by atoms with Gasteiger partial charge in [0, 0.05) is 17.8 Å². The molecule has 5 nitrogen and oxygen atoms in total. The van der Waals surface area contributed by atoms with Crippen LogP contribution >= 0.6 is 11.6 Å². The lowest BCUT2D eigenvalue weighted by molar-refractivity contribution is 0.561. The van der Waals surface area contributed by atoms with Crippen LogP contribution in [-0.2, 0) is 16.6 Å². The number of nitrogens with two attached hydrogens (primary N) is 1. The molecule has 2 aromatic rings. The minimum absolute atomic E-state index is 0.0346. The van der Waals surface area contributed by atoms with Crippen molar-refractivity contribution in [3.05, 3.63) is 47.4 Å². The first kappa shape index (κ1) is 12.9. The number of nitrogen functional groups attached to an aromatic ring is 1. The third-order valence-corrected chi connectivity index (χ3v) is 4.17. The molecular weight excluding hydrogens is 276 g/mol. The highest BCUT2D eigenvalue weighted by Gasteiger charge is 2.18. The summed E-state index contributed by atoms with van der Waals surface area (Å²) in [7, 11) is -3.69. The summed E-state index contributed by atoms with van der Waals surface area (Å²) in [5.41, 5.74) is 6.61. The predicted octanol–water partition coefficient (Wildman–Crippen LogP) is 1.99. The average molecular weight is 287 g/mol. The first-order valence-corrected chi connectivity index (χ1v) is 6.91. The van der Waals surface area contributed by atoms with Crippen LogP contribution in [0, 0.1) is 0 Å². The summed E-state index contributed by atoms with van der Waals surface area (Å²) in [6.45, 7) is 0.129. The SMILES string of the molecule is Nc1ccc(Cl)c(S(=O)(=O)NCc2ccoc2)c1. The first-order chi connectivity index (χ1) is 8.49. The third-order valence-electron chi connectivity index (χ3n) is 2.29. The van der Waals surface area contributed by atoms with Gasteiger partial charge in [-0.3, -0.25) is 0 Å². The van der Waals surface area contributed by atoms with Crippen LogP contribution in [-0.4, -0.2) is 8.42 Å². The summed E-state index contributed by atoms with van der Waals surface area (Å²) in [5, 5.41) is 0.129. The van der Waals surface area contributed by atoms with Gasteiger partial charge in [-0.1, -0.05) is 11.6 Å². The van der Waals surface area contributed by atoms with E-state index in [2.05, 4.69) is 4.72 Å². The van der Waals surface area contributed by atoms with Crippen molar-refractivity contribution >= 4 is 27.3 Å². The molecule has 0 fully saturated rings. The molecule has 96 valence electrons. The number of rotatable bonds is 4. The monoisotopic (exact) mass is 286 g/mol. The van der Waals surface area contributed by atoms with Gasteiger partial charge in [-0.05, 0) is 24.3 Å². The molecule has 0 aliphatic rings. The molecule has 0 unspecified atom stereocenters. The normalized spacial score (nSPS) is 11.6. The molecule has 0 amide bonds. The Labute approximate surface area is 110 Å². The molecule has 2 rings (SSSR count). The van der Waals surface area contributed by atoms with Crippen LogP contribution in [0.2, 0.25) is 5.02 Å². The van der Waals surface area contributed by atoms with Crippen molar-refractivity contribution in [3.8, 4) is 0 Å². The molecule has 1 heterocycles. The van der Waals surface area contributed by atoms with Crippen LogP contribution in [0.1, 0.15) is 5.56 Å². The van der Waals surface area contributed by atoms with Gasteiger partial charge < -0.3 is 10.2 Å². The summed E-state index contributed by atoms with van der Waals surface area (Å²) >= 11 is 5.85. The van der Waals surface area contributed by atoms with Crippen molar-refractivity contribution in [2.75, 3.05) is 5.73 Å². The van der Waals surface area contributed by atoms with Crippen molar-refractivity contribution in [2.45, 2.75) is 11.4 Å². The van der Waals surface area contributed by atoms with E-state index < -0.39 is 10.0 Å². The van der Waals surface area contributed by atoms with Crippen LogP contribution in [0.25, 0.3) is 0 Å². The smallest absolute Gasteiger partial charge is 0.242 e.